The molecule has 0 saturated carbocycles. The average molecular weight is 327 g/mol. The smallest absolute Gasteiger partial charge is 0.222 e. The van der Waals surface area contributed by atoms with Crippen molar-refractivity contribution in [3.63, 3.8) is 0 Å². The molecule has 1 aromatic heterocycles. The Labute approximate surface area is 134 Å². The molecule has 1 aromatic rings. The van der Waals surface area contributed by atoms with E-state index in [1.165, 1.54) is 11.5 Å². The van der Waals surface area contributed by atoms with Crippen LogP contribution in [-0.4, -0.2) is 34.3 Å². The molecule has 0 atom stereocenters. The van der Waals surface area contributed by atoms with E-state index in [1.807, 2.05) is 4.90 Å². The molecule has 0 aromatic carbocycles. The van der Waals surface area contributed by atoms with Crippen molar-refractivity contribution in [1.29, 1.82) is 5.26 Å². The van der Waals surface area contributed by atoms with Crippen molar-refractivity contribution in [3.05, 3.63) is 10.7 Å². The Hall–Kier alpha value is -1.32. The molecule has 7 heteroatoms. The number of nitrogens with zero attached hydrogens (tertiary/aromatic N) is 3. The molecule has 1 N–H and O–H groups in total. The van der Waals surface area contributed by atoms with Crippen LogP contribution in [0.15, 0.2) is 0 Å². The van der Waals surface area contributed by atoms with Crippen molar-refractivity contribution in [2.45, 2.75) is 39.2 Å². The van der Waals surface area contributed by atoms with Crippen LogP contribution in [0.4, 0.5) is 5.00 Å². The van der Waals surface area contributed by atoms with E-state index in [2.05, 4.69) is 29.6 Å². The lowest BCUT2D eigenvalue weighted by Crippen LogP contribution is -2.42. The zero-order valence-corrected chi connectivity index (χ0v) is 13.8. The Balaban J connectivity index is 1.87. The number of nitrogens with one attached hydrogen (secondary N) is 1. The van der Waals surface area contributed by atoms with Crippen LogP contribution in [0.25, 0.3) is 0 Å². The van der Waals surface area contributed by atoms with Crippen molar-refractivity contribution < 1.29 is 4.79 Å². The van der Waals surface area contributed by atoms with Gasteiger partial charge in [-0.05, 0) is 30.3 Å². The van der Waals surface area contributed by atoms with E-state index >= 15 is 0 Å². The van der Waals surface area contributed by atoms with E-state index in [9.17, 15) is 4.79 Å². The van der Waals surface area contributed by atoms with Gasteiger partial charge in [-0.1, -0.05) is 25.4 Å². The minimum absolute atomic E-state index is 0.238. The second-order valence-electron chi connectivity index (χ2n) is 5.69. The number of carbonyl (C=O) groups excluding carboxylic acids is 1. The molecule has 0 radical (unpaired) electrons. The number of likely N-dealkylation sites (tertiary alicyclic amines) is 1. The maximum absolute atomic E-state index is 12.0. The largest absolute Gasteiger partial charge is 0.372 e. The predicted octanol–water partition coefficient (Wildman–Crippen LogP) is 3.12. The van der Waals surface area contributed by atoms with Gasteiger partial charge in [0.15, 0.2) is 5.15 Å². The number of nitriles is 1. The zero-order valence-electron chi connectivity index (χ0n) is 12.2. The van der Waals surface area contributed by atoms with Gasteiger partial charge in [0.25, 0.3) is 0 Å². The standard InChI is InChI=1S/C14H19ClN4OS/c1-9(2)7-12(20)19-5-3-10(4-6-19)17-14-11(8-16)13(15)18-21-14/h9-10,17H,3-7H2,1-2H3. The van der Waals surface area contributed by atoms with Crippen LogP contribution in [0.5, 0.6) is 0 Å². The molecule has 0 aliphatic carbocycles. The quantitative estimate of drug-likeness (QED) is 0.923. The Kier molecular flexibility index (Phi) is 5.43. The van der Waals surface area contributed by atoms with Crippen LogP contribution < -0.4 is 5.32 Å². The third-order valence-electron chi connectivity index (χ3n) is 3.53. The molecule has 1 amide bonds. The first-order chi connectivity index (χ1) is 10.0. The van der Waals surface area contributed by atoms with Gasteiger partial charge in [-0.25, -0.2) is 0 Å². The number of anilines is 1. The summed E-state index contributed by atoms with van der Waals surface area (Å²) < 4.78 is 3.99. The summed E-state index contributed by atoms with van der Waals surface area (Å²) in [5.74, 6) is 0.632. The highest BCUT2D eigenvalue weighted by Gasteiger charge is 2.24. The zero-order chi connectivity index (χ0) is 15.4. The van der Waals surface area contributed by atoms with Gasteiger partial charge in [-0.2, -0.15) is 9.64 Å². The molecule has 1 fully saturated rings. The highest BCUT2D eigenvalue weighted by atomic mass is 35.5. The van der Waals surface area contributed by atoms with E-state index in [0.717, 1.165) is 30.9 Å². The molecule has 2 heterocycles. The average Bonchev–Trinajstić information content (AvgIpc) is 2.79. The molecule has 0 spiro atoms. The Morgan fingerprint density at radius 2 is 2.24 bits per heavy atom. The minimum atomic E-state index is 0.238. The first kappa shape index (κ1) is 16.1. The Morgan fingerprint density at radius 3 is 2.81 bits per heavy atom. The summed E-state index contributed by atoms with van der Waals surface area (Å²) in [5.41, 5.74) is 0.417. The van der Waals surface area contributed by atoms with Crippen LogP contribution >= 0.6 is 23.1 Å². The van der Waals surface area contributed by atoms with Crippen LogP contribution in [0.2, 0.25) is 5.15 Å². The number of halogens is 1. The van der Waals surface area contributed by atoms with Crippen LogP contribution in [-0.2, 0) is 4.79 Å². The predicted molar refractivity (Wildman–Crippen MR) is 84.5 cm³/mol. The maximum atomic E-state index is 12.0. The molecule has 21 heavy (non-hydrogen) atoms. The second kappa shape index (κ2) is 7.10. The molecule has 1 aliphatic heterocycles. The van der Waals surface area contributed by atoms with E-state index in [4.69, 9.17) is 16.9 Å². The van der Waals surface area contributed by atoms with Gasteiger partial charge >= 0.3 is 0 Å². The summed E-state index contributed by atoms with van der Waals surface area (Å²) in [6.45, 7) is 5.64. The van der Waals surface area contributed by atoms with Gasteiger partial charge in [-0.3, -0.25) is 4.79 Å². The van der Waals surface area contributed by atoms with Crippen molar-refractivity contribution in [1.82, 2.24) is 9.27 Å². The van der Waals surface area contributed by atoms with Gasteiger partial charge in [0.1, 0.15) is 16.6 Å². The fraction of sp³-hybridized carbons (Fsp3) is 0.643. The Morgan fingerprint density at radius 1 is 1.57 bits per heavy atom. The molecule has 1 saturated heterocycles. The summed E-state index contributed by atoms with van der Waals surface area (Å²) in [7, 11) is 0. The fourth-order valence-electron chi connectivity index (χ4n) is 2.40. The first-order valence-electron chi connectivity index (χ1n) is 7.10. The Bertz CT molecular complexity index is 544. The lowest BCUT2D eigenvalue weighted by Gasteiger charge is -2.33. The summed E-state index contributed by atoms with van der Waals surface area (Å²) in [6, 6.07) is 2.33. The van der Waals surface area contributed by atoms with E-state index in [-0.39, 0.29) is 17.1 Å². The van der Waals surface area contributed by atoms with E-state index < -0.39 is 0 Å². The summed E-state index contributed by atoms with van der Waals surface area (Å²) >= 11 is 7.07. The maximum Gasteiger partial charge on any atom is 0.222 e. The SMILES string of the molecule is CC(C)CC(=O)N1CCC(Nc2snc(Cl)c2C#N)CC1. The summed E-state index contributed by atoms with van der Waals surface area (Å²) in [6.07, 6.45) is 2.37. The van der Waals surface area contributed by atoms with Gasteiger partial charge in [-0.15, -0.1) is 0 Å². The van der Waals surface area contributed by atoms with Gasteiger partial charge in [0.05, 0.1) is 0 Å². The number of hydrogen-bond acceptors (Lipinski definition) is 5. The van der Waals surface area contributed by atoms with Crippen molar-refractivity contribution in [2.75, 3.05) is 18.4 Å². The number of carbonyl (C=O) groups is 1. The molecular formula is C14H19ClN4OS. The number of rotatable bonds is 4. The molecular weight excluding hydrogens is 308 g/mol. The van der Waals surface area contributed by atoms with Crippen LogP contribution in [0.1, 0.15) is 38.7 Å². The molecule has 1 aliphatic rings. The van der Waals surface area contributed by atoms with Crippen molar-refractivity contribution in [3.8, 4) is 6.07 Å². The first-order valence-corrected chi connectivity index (χ1v) is 8.26. The molecule has 0 bridgehead atoms. The monoisotopic (exact) mass is 326 g/mol. The normalized spacial score (nSPS) is 16.0. The lowest BCUT2D eigenvalue weighted by molar-refractivity contribution is -0.132. The topological polar surface area (TPSA) is 69.0 Å². The number of aromatic nitrogens is 1. The highest BCUT2D eigenvalue weighted by molar-refractivity contribution is 7.10. The third kappa shape index (κ3) is 4.08. The third-order valence-corrected chi connectivity index (χ3v) is 4.68. The lowest BCUT2D eigenvalue weighted by atomic mass is 10.0. The van der Waals surface area contributed by atoms with E-state index in [0.29, 0.717) is 17.9 Å². The van der Waals surface area contributed by atoms with Crippen molar-refractivity contribution in [2.24, 2.45) is 5.92 Å². The molecule has 114 valence electrons. The van der Waals surface area contributed by atoms with Gasteiger partial charge < -0.3 is 10.2 Å². The fourth-order valence-corrected chi connectivity index (χ4v) is 3.42. The second-order valence-corrected chi connectivity index (χ2v) is 6.82. The van der Waals surface area contributed by atoms with Crippen molar-refractivity contribution >= 4 is 34.0 Å². The van der Waals surface area contributed by atoms with Crippen LogP contribution in [0.3, 0.4) is 0 Å². The number of hydrogen-bond donors (Lipinski definition) is 1. The summed E-state index contributed by atoms with van der Waals surface area (Å²) in [5, 5.41) is 13.4. The van der Waals surface area contributed by atoms with Gasteiger partial charge in [0, 0.05) is 25.6 Å². The highest BCUT2D eigenvalue weighted by Crippen LogP contribution is 2.29. The van der Waals surface area contributed by atoms with Crippen LogP contribution in [0, 0.1) is 17.2 Å². The summed E-state index contributed by atoms with van der Waals surface area (Å²) in [4.78, 5) is 13.9. The van der Waals surface area contributed by atoms with Gasteiger partial charge in [0.2, 0.25) is 5.91 Å². The molecule has 5 nitrogen and oxygen atoms in total. The van der Waals surface area contributed by atoms with E-state index in [1.54, 1.807) is 0 Å². The number of piperidine rings is 1. The molecule has 0 unspecified atom stereocenters. The number of amides is 1. The molecule has 2 rings (SSSR count). The minimum Gasteiger partial charge on any atom is -0.372 e.